The molecule has 0 bridgehead atoms. The highest BCUT2D eigenvalue weighted by Crippen LogP contribution is 2.27. The van der Waals surface area contributed by atoms with Gasteiger partial charge < -0.3 is 4.98 Å². The molecular weight excluding hydrogens is 294 g/mol. The number of hydrogen-bond acceptors (Lipinski definition) is 3. The molecular formula is C17H19N3OS. The van der Waals surface area contributed by atoms with Gasteiger partial charge in [-0.3, -0.25) is 9.19 Å². The minimum Gasteiger partial charge on any atom is -0.331 e. The van der Waals surface area contributed by atoms with Crippen molar-refractivity contribution in [2.75, 3.05) is 0 Å². The molecule has 2 unspecified atom stereocenters. The number of pyridine rings is 1. The van der Waals surface area contributed by atoms with Crippen LogP contribution in [0.4, 0.5) is 0 Å². The molecule has 3 rings (SSSR count). The van der Waals surface area contributed by atoms with Crippen LogP contribution in [-0.4, -0.2) is 19.2 Å². The lowest BCUT2D eigenvalue weighted by molar-refractivity contribution is 0.668. The molecule has 0 saturated carbocycles. The van der Waals surface area contributed by atoms with Gasteiger partial charge in [-0.05, 0) is 56.5 Å². The lowest BCUT2D eigenvalue weighted by atomic mass is 10.0. The largest absolute Gasteiger partial charge is 0.331 e. The third-order valence-corrected chi connectivity index (χ3v) is 5.64. The molecule has 2 heterocycles. The molecule has 0 radical (unpaired) electrons. The number of para-hydroxylation sites is 2. The van der Waals surface area contributed by atoms with Gasteiger partial charge in [-0.15, -0.1) is 0 Å². The van der Waals surface area contributed by atoms with Crippen molar-refractivity contribution in [3.05, 3.63) is 52.8 Å². The van der Waals surface area contributed by atoms with Crippen molar-refractivity contribution in [2.45, 2.75) is 38.1 Å². The first kappa shape index (κ1) is 14.9. The number of hydrogen-bond donors (Lipinski definition) is 1. The first-order valence-electron chi connectivity index (χ1n) is 7.27. The number of aromatic amines is 1. The van der Waals surface area contributed by atoms with Crippen LogP contribution in [0.2, 0.25) is 0 Å². The van der Waals surface area contributed by atoms with E-state index in [-0.39, 0.29) is 5.25 Å². The minimum atomic E-state index is -1.27. The minimum absolute atomic E-state index is 0.208. The molecule has 4 nitrogen and oxygen atoms in total. The smallest absolute Gasteiger partial charge is 0.198 e. The van der Waals surface area contributed by atoms with E-state index in [1.165, 1.54) is 5.56 Å². The molecule has 3 aromatic rings. The highest BCUT2D eigenvalue weighted by Gasteiger charge is 2.22. The zero-order chi connectivity index (χ0) is 15.9. The van der Waals surface area contributed by atoms with Gasteiger partial charge >= 0.3 is 0 Å². The summed E-state index contributed by atoms with van der Waals surface area (Å²) in [5.41, 5.74) is 6.09. The van der Waals surface area contributed by atoms with E-state index in [1.807, 2.05) is 51.2 Å². The number of aryl methyl sites for hydroxylation is 1. The van der Waals surface area contributed by atoms with Crippen molar-refractivity contribution in [1.29, 1.82) is 0 Å². The molecule has 114 valence electrons. The molecule has 1 N–H and O–H groups in total. The van der Waals surface area contributed by atoms with Crippen molar-refractivity contribution >= 4 is 21.8 Å². The standard InChI is InChI=1S/C17H19N3OS/c1-10-9-18-16(12(3)11(10)2)13(4)22(21)17-19-14-7-5-6-8-15(14)20-17/h5-9,13H,1-4H3,(H,19,20). The van der Waals surface area contributed by atoms with E-state index in [0.29, 0.717) is 5.16 Å². The van der Waals surface area contributed by atoms with E-state index in [2.05, 4.69) is 21.9 Å². The van der Waals surface area contributed by atoms with Crippen molar-refractivity contribution in [3.63, 3.8) is 0 Å². The normalized spacial score (nSPS) is 14.2. The predicted octanol–water partition coefficient (Wildman–Crippen LogP) is 3.75. The quantitative estimate of drug-likeness (QED) is 0.801. The summed E-state index contributed by atoms with van der Waals surface area (Å²) in [5, 5.41) is 0.299. The van der Waals surface area contributed by atoms with Gasteiger partial charge in [-0.1, -0.05) is 12.1 Å². The number of nitrogens with one attached hydrogen (secondary N) is 1. The second-order valence-corrected chi connectivity index (χ2v) is 7.26. The van der Waals surface area contributed by atoms with E-state index in [0.717, 1.165) is 27.9 Å². The lowest BCUT2D eigenvalue weighted by Gasteiger charge is -2.15. The fraction of sp³-hybridized carbons (Fsp3) is 0.294. The number of nitrogens with zero attached hydrogens (tertiary/aromatic N) is 2. The maximum Gasteiger partial charge on any atom is 0.198 e. The van der Waals surface area contributed by atoms with E-state index in [4.69, 9.17) is 0 Å². The molecule has 0 aliphatic carbocycles. The first-order chi connectivity index (χ1) is 10.5. The van der Waals surface area contributed by atoms with Crippen molar-refractivity contribution in [1.82, 2.24) is 15.0 Å². The van der Waals surface area contributed by atoms with Crippen LogP contribution < -0.4 is 0 Å². The topological polar surface area (TPSA) is 58.6 Å². The van der Waals surface area contributed by atoms with Crippen molar-refractivity contribution < 1.29 is 4.21 Å². The van der Waals surface area contributed by atoms with Gasteiger partial charge in [0, 0.05) is 6.20 Å². The van der Waals surface area contributed by atoms with E-state index >= 15 is 0 Å². The summed E-state index contributed by atoms with van der Waals surface area (Å²) in [6.07, 6.45) is 1.85. The van der Waals surface area contributed by atoms with E-state index < -0.39 is 10.8 Å². The van der Waals surface area contributed by atoms with Crippen LogP contribution in [-0.2, 0) is 10.8 Å². The second-order valence-electron chi connectivity index (χ2n) is 5.58. The van der Waals surface area contributed by atoms with Gasteiger partial charge in [0.05, 0.1) is 32.8 Å². The SMILES string of the molecule is Cc1cnc(C(C)S(=O)c2nc3ccccc3[nH]2)c(C)c1C. The average molecular weight is 313 g/mol. The lowest BCUT2D eigenvalue weighted by Crippen LogP contribution is -2.10. The Morgan fingerprint density at radius 2 is 1.86 bits per heavy atom. The number of benzene rings is 1. The molecule has 0 saturated heterocycles. The van der Waals surface area contributed by atoms with Gasteiger partial charge in [0.2, 0.25) is 0 Å². The summed E-state index contributed by atoms with van der Waals surface area (Å²) in [7, 11) is -1.27. The summed E-state index contributed by atoms with van der Waals surface area (Å²) in [6.45, 7) is 8.09. The maximum absolute atomic E-state index is 12.8. The number of fused-ring (bicyclic) bond motifs is 1. The Morgan fingerprint density at radius 3 is 2.59 bits per heavy atom. The average Bonchev–Trinajstić information content (AvgIpc) is 2.95. The van der Waals surface area contributed by atoms with Gasteiger partial charge in [0.15, 0.2) is 5.16 Å². The van der Waals surface area contributed by atoms with Crippen molar-refractivity contribution in [2.24, 2.45) is 0 Å². The molecule has 2 aromatic heterocycles. The number of aromatic nitrogens is 3. The molecule has 0 fully saturated rings. The van der Waals surface area contributed by atoms with Gasteiger partial charge in [-0.2, -0.15) is 0 Å². The fourth-order valence-electron chi connectivity index (χ4n) is 2.55. The van der Waals surface area contributed by atoms with Crippen LogP contribution in [0, 0.1) is 20.8 Å². The Balaban J connectivity index is 1.99. The molecule has 22 heavy (non-hydrogen) atoms. The van der Waals surface area contributed by atoms with Crippen LogP contribution in [0.15, 0.2) is 35.6 Å². The molecule has 1 aromatic carbocycles. The van der Waals surface area contributed by atoms with Crippen molar-refractivity contribution in [3.8, 4) is 0 Å². The third-order valence-electron chi connectivity index (χ3n) is 4.20. The Kier molecular flexibility index (Phi) is 3.83. The molecule has 2 atom stereocenters. The monoisotopic (exact) mass is 313 g/mol. The molecule has 5 heteroatoms. The van der Waals surface area contributed by atoms with Gasteiger partial charge in [0.1, 0.15) is 0 Å². The maximum atomic E-state index is 12.8. The van der Waals surface area contributed by atoms with Gasteiger partial charge in [0.25, 0.3) is 0 Å². The van der Waals surface area contributed by atoms with Crippen LogP contribution in [0.3, 0.4) is 0 Å². The summed E-state index contributed by atoms with van der Waals surface area (Å²) < 4.78 is 12.8. The van der Waals surface area contributed by atoms with Crippen LogP contribution in [0.25, 0.3) is 11.0 Å². The number of rotatable bonds is 3. The summed E-state index contributed by atoms with van der Waals surface area (Å²) >= 11 is 0. The Bertz CT molecular complexity index is 836. The van der Waals surface area contributed by atoms with Gasteiger partial charge in [-0.25, -0.2) is 4.98 Å². The molecule has 0 aliphatic heterocycles. The van der Waals surface area contributed by atoms with Crippen LogP contribution >= 0.6 is 0 Å². The Labute approximate surface area is 132 Å². The zero-order valence-corrected chi connectivity index (χ0v) is 14.0. The van der Waals surface area contributed by atoms with E-state index in [1.54, 1.807) is 0 Å². The third kappa shape index (κ3) is 2.46. The van der Waals surface area contributed by atoms with E-state index in [9.17, 15) is 4.21 Å². The second kappa shape index (κ2) is 5.65. The highest BCUT2D eigenvalue weighted by atomic mass is 32.2. The fourth-order valence-corrected chi connectivity index (χ4v) is 3.73. The number of imidazole rings is 1. The Hall–Kier alpha value is -2.01. The number of H-pyrrole nitrogens is 1. The summed E-state index contributed by atoms with van der Waals surface area (Å²) in [4.78, 5) is 12.1. The Morgan fingerprint density at radius 1 is 1.14 bits per heavy atom. The van der Waals surface area contributed by atoms with Crippen LogP contribution in [0.1, 0.15) is 34.6 Å². The zero-order valence-electron chi connectivity index (χ0n) is 13.2. The molecule has 0 amide bonds. The highest BCUT2D eigenvalue weighted by molar-refractivity contribution is 7.85. The molecule has 0 spiro atoms. The molecule has 0 aliphatic rings. The predicted molar refractivity (Wildman–Crippen MR) is 89.4 cm³/mol. The summed E-state index contributed by atoms with van der Waals surface area (Å²) in [6, 6.07) is 7.71. The van der Waals surface area contributed by atoms with Crippen LogP contribution in [0.5, 0.6) is 0 Å². The first-order valence-corrected chi connectivity index (χ1v) is 8.48. The summed E-state index contributed by atoms with van der Waals surface area (Å²) in [5.74, 6) is 0.